The van der Waals surface area contributed by atoms with Crippen molar-refractivity contribution in [1.29, 1.82) is 0 Å². The number of carbonyl (C=O) groups is 1. The largest absolute Gasteiger partial charge is 0.479 e. The average molecular weight is 236 g/mol. The molecule has 0 saturated heterocycles. The Balaban J connectivity index is 4.40. The van der Waals surface area contributed by atoms with Gasteiger partial charge >= 0.3 is 5.97 Å². The fourth-order valence-corrected chi connectivity index (χ4v) is 1.40. The molecule has 0 aliphatic rings. The minimum Gasteiger partial charge on any atom is -0.479 e. The second kappa shape index (κ2) is 8.46. The van der Waals surface area contributed by atoms with E-state index in [0.29, 0.717) is 6.61 Å². The summed E-state index contributed by atoms with van der Waals surface area (Å²) in [6, 6.07) is 0. The molecule has 0 amide bonds. The van der Waals surface area contributed by atoms with Gasteiger partial charge in [0, 0.05) is 34.9 Å². The number of methoxy groups -OCH3 is 4. The highest BCUT2D eigenvalue weighted by Gasteiger charge is 2.28. The van der Waals surface area contributed by atoms with Crippen molar-refractivity contribution >= 4 is 5.97 Å². The van der Waals surface area contributed by atoms with Crippen LogP contribution >= 0.6 is 0 Å². The van der Waals surface area contributed by atoms with E-state index in [1.54, 1.807) is 7.11 Å². The molecule has 0 spiro atoms. The van der Waals surface area contributed by atoms with Crippen molar-refractivity contribution in [3.8, 4) is 0 Å². The molecule has 0 aliphatic carbocycles. The number of ether oxygens (including phenoxy) is 4. The molecule has 0 aromatic carbocycles. The molecule has 0 radical (unpaired) electrons. The Morgan fingerprint density at radius 1 is 1.06 bits per heavy atom. The predicted molar refractivity (Wildman–Crippen MR) is 56.5 cm³/mol. The van der Waals surface area contributed by atoms with Crippen LogP contribution in [-0.2, 0) is 23.7 Å². The van der Waals surface area contributed by atoms with Crippen LogP contribution in [0.2, 0.25) is 0 Å². The zero-order valence-corrected chi connectivity index (χ0v) is 10.1. The average Bonchev–Trinajstić information content (AvgIpc) is 2.28. The van der Waals surface area contributed by atoms with Crippen LogP contribution in [0, 0.1) is 0 Å². The lowest BCUT2D eigenvalue weighted by Crippen LogP contribution is -2.39. The third kappa shape index (κ3) is 4.89. The molecular formula is C10H20O6. The fourth-order valence-electron chi connectivity index (χ4n) is 1.40. The third-order valence-electron chi connectivity index (χ3n) is 2.36. The molecule has 0 saturated carbocycles. The number of hydrogen-bond donors (Lipinski definition) is 1. The first-order chi connectivity index (χ1) is 7.60. The van der Waals surface area contributed by atoms with E-state index in [9.17, 15) is 4.79 Å². The van der Waals surface area contributed by atoms with Crippen molar-refractivity contribution in [2.24, 2.45) is 0 Å². The summed E-state index contributed by atoms with van der Waals surface area (Å²) in [5.74, 6) is -1.02. The van der Waals surface area contributed by atoms with Crippen LogP contribution in [-0.4, -0.2) is 64.4 Å². The van der Waals surface area contributed by atoms with Crippen molar-refractivity contribution in [2.75, 3.05) is 35.0 Å². The molecule has 1 N–H and O–H groups in total. The minimum atomic E-state index is -1.02. The van der Waals surface area contributed by atoms with Gasteiger partial charge in [0.25, 0.3) is 0 Å². The van der Waals surface area contributed by atoms with E-state index in [2.05, 4.69) is 0 Å². The molecule has 0 aromatic rings. The normalized spacial score (nSPS) is 16.8. The summed E-state index contributed by atoms with van der Waals surface area (Å²) in [5, 5.41) is 8.85. The predicted octanol–water partition coefficient (Wildman–Crippen LogP) is 0.153. The summed E-state index contributed by atoms with van der Waals surface area (Å²) in [4.78, 5) is 10.8. The molecule has 0 rings (SSSR count). The van der Waals surface area contributed by atoms with Crippen LogP contribution in [0.15, 0.2) is 0 Å². The van der Waals surface area contributed by atoms with Crippen LogP contribution in [0.25, 0.3) is 0 Å². The first-order valence-corrected chi connectivity index (χ1v) is 4.90. The third-order valence-corrected chi connectivity index (χ3v) is 2.36. The summed E-state index contributed by atoms with van der Waals surface area (Å²) < 4.78 is 20.2. The maximum atomic E-state index is 10.8. The molecule has 0 aromatic heterocycles. The van der Waals surface area contributed by atoms with Gasteiger partial charge in [-0.15, -0.1) is 0 Å². The number of hydrogen-bond acceptors (Lipinski definition) is 5. The van der Waals surface area contributed by atoms with Crippen molar-refractivity contribution in [1.82, 2.24) is 0 Å². The fraction of sp³-hybridized carbons (Fsp3) is 0.900. The molecule has 96 valence electrons. The Bertz CT molecular complexity index is 196. The second-order valence-corrected chi connectivity index (χ2v) is 3.30. The van der Waals surface area contributed by atoms with Gasteiger partial charge in [0.1, 0.15) is 6.10 Å². The molecular weight excluding hydrogens is 216 g/mol. The Labute approximate surface area is 95.4 Å². The molecule has 0 heterocycles. The number of carboxylic acid groups (broad SMARTS) is 1. The molecule has 0 bridgehead atoms. The Hall–Kier alpha value is -0.690. The Morgan fingerprint density at radius 2 is 1.62 bits per heavy atom. The summed E-state index contributed by atoms with van der Waals surface area (Å²) in [6.45, 7) is 0.338. The van der Waals surface area contributed by atoms with E-state index in [4.69, 9.17) is 24.1 Å². The van der Waals surface area contributed by atoms with Gasteiger partial charge in [-0.3, -0.25) is 0 Å². The molecule has 0 unspecified atom stereocenters. The van der Waals surface area contributed by atoms with E-state index in [1.807, 2.05) is 0 Å². The molecule has 3 atom stereocenters. The van der Waals surface area contributed by atoms with Crippen molar-refractivity contribution < 1.29 is 28.8 Å². The van der Waals surface area contributed by atoms with Gasteiger partial charge in [-0.05, 0) is 0 Å². The van der Waals surface area contributed by atoms with Gasteiger partial charge in [0.15, 0.2) is 6.10 Å². The molecule has 6 heteroatoms. The van der Waals surface area contributed by atoms with E-state index >= 15 is 0 Å². The van der Waals surface area contributed by atoms with Crippen LogP contribution in [0.4, 0.5) is 0 Å². The Kier molecular flexibility index (Phi) is 8.10. The first kappa shape index (κ1) is 15.3. The van der Waals surface area contributed by atoms with Crippen LogP contribution in [0.1, 0.15) is 6.42 Å². The molecule has 0 fully saturated rings. The van der Waals surface area contributed by atoms with Crippen LogP contribution in [0.3, 0.4) is 0 Å². The summed E-state index contributed by atoms with van der Waals surface area (Å²) >= 11 is 0. The maximum absolute atomic E-state index is 10.8. The topological polar surface area (TPSA) is 74.2 Å². The van der Waals surface area contributed by atoms with Crippen molar-refractivity contribution in [3.63, 3.8) is 0 Å². The Morgan fingerprint density at radius 3 is 1.94 bits per heavy atom. The van der Waals surface area contributed by atoms with Gasteiger partial charge < -0.3 is 24.1 Å². The quantitative estimate of drug-likeness (QED) is 0.614. The zero-order chi connectivity index (χ0) is 12.6. The van der Waals surface area contributed by atoms with Gasteiger partial charge in [-0.25, -0.2) is 4.79 Å². The highest BCUT2D eigenvalue weighted by Crippen LogP contribution is 2.12. The lowest BCUT2D eigenvalue weighted by Gasteiger charge is -2.26. The van der Waals surface area contributed by atoms with Gasteiger partial charge in [-0.1, -0.05) is 0 Å². The summed E-state index contributed by atoms with van der Waals surface area (Å²) in [7, 11) is 5.92. The second-order valence-electron chi connectivity index (χ2n) is 3.30. The standard InChI is InChI=1S/C10H20O6/c1-13-6-9(16-4)7(14-2)5-8(15-3)10(11)12/h7-9H,5-6H2,1-4H3,(H,11,12)/t7-,8-,9+/m0/s1. The smallest absolute Gasteiger partial charge is 0.332 e. The van der Waals surface area contributed by atoms with E-state index < -0.39 is 12.1 Å². The summed E-state index contributed by atoms with van der Waals surface area (Å²) in [5.41, 5.74) is 0. The molecule has 16 heavy (non-hydrogen) atoms. The molecule has 0 aliphatic heterocycles. The van der Waals surface area contributed by atoms with Gasteiger partial charge in [0.05, 0.1) is 12.7 Å². The number of rotatable bonds is 9. The van der Waals surface area contributed by atoms with Gasteiger partial charge in [0.2, 0.25) is 0 Å². The monoisotopic (exact) mass is 236 g/mol. The molecule has 6 nitrogen and oxygen atoms in total. The van der Waals surface area contributed by atoms with E-state index in [0.717, 1.165) is 0 Å². The zero-order valence-electron chi connectivity index (χ0n) is 10.1. The summed E-state index contributed by atoms with van der Waals surface area (Å²) in [6.07, 6.45) is -1.39. The van der Waals surface area contributed by atoms with Gasteiger partial charge in [-0.2, -0.15) is 0 Å². The van der Waals surface area contributed by atoms with E-state index in [1.165, 1.54) is 21.3 Å². The highest BCUT2D eigenvalue weighted by molar-refractivity contribution is 5.72. The van der Waals surface area contributed by atoms with E-state index in [-0.39, 0.29) is 18.6 Å². The minimum absolute atomic E-state index is 0.212. The van der Waals surface area contributed by atoms with Crippen LogP contribution in [0.5, 0.6) is 0 Å². The first-order valence-electron chi connectivity index (χ1n) is 4.90. The van der Waals surface area contributed by atoms with Crippen LogP contribution < -0.4 is 0 Å². The maximum Gasteiger partial charge on any atom is 0.332 e. The SMILES string of the molecule is COC[C@@H](OC)[C@H](C[C@H](OC)C(=O)O)OC. The highest BCUT2D eigenvalue weighted by atomic mass is 16.6. The lowest BCUT2D eigenvalue weighted by molar-refractivity contribution is -0.153. The number of aliphatic carboxylic acids is 1. The number of carboxylic acids is 1. The van der Waals surface area contributed by atoms with Crippen molar-refractivity contribution in [3.05, 3.63) is 0 Å². The van der Waals surface area contributed by atoms with Crippen molar-refractivity contribution in [2.45, 2.75) is 24.7 Å². The lowest BCUT2D eigenvalue weighted by atomic mass is 10.1.